The zero-order valence-electron chi connectivity index (χ0n) is 12.9. The number of nitrogens with zero attached hydrogens (tertiary/aromatic N) is 1. The first-order valence-electron chi connectivity index (χ1n) is 8.02. The summed E-state index contributed by atoms with van der Waals surface area (Å²) in [7, 11) is 2.03. The molecule has 2 N–H and O–H groups in total. The number of likely N-dealkylation sites (tertiary alicyclic amines) is 1. The van der Waals surface area contributed by atoms with Gasteiger partial charge < -0.3 is 15.3 Å². The standard InChI is InChI=1S/C17H27BrN2O/c1-19-17(14-5-4-6-15(18)13-14)8-11-20-10-3-2-7-16(20)9-12-21/h4-6,13,16-17,19,21H,2-3,7-12H2,1H3. The highest BCUT2D eigenvalue weighted by Crippen LogP contribution is 2.24. The molecule has 0 aliphatic carbocycles. The van der Waals surface area contributed by atoms with Crippen LogP contribution in [0.4, 0.5) is 0 Å². The summed E-state index contributed by atoms with van der Waals surface area (Å²) in [6, 6.07) is 9.51. The predicted octanol–water partition coefficient (Wildman–Crippen LogP) is 3.34. The molecule has 0 saturated carbocycles. The maximum Gasteiger partial charge on any atom is 0.0445 e. The lowest BCUT2D eigenvalue weighted by Crippen LogP contribution is -2.41. The number of piperidine rings is 1. The Morgan fingerprint density at radius 3 is 3.00 bits per heavy atom. The van der Waals surface area contributed by atoms with Crippen molar-refractivity contribution in [1.82, 2.24) is 10.2 Å². The maximum atomic E-state index is 9.22. The van der Waals surface area contributed by atoms with Gasteiger partial charge in [-0.05, 0) is 57.0 Å². The molecule has 1 aromatic rings. The van der Waals surface area contributed by atoms with Gasteiger partial charge >= 0.3 is 0 Å². The highest BCUT2D eigenvalue weighted by Gasteiger charge is 2.22. The van der Waals surface area contributed by atoms with Crippen LogP contribution in [0.25, 0.3) is 0 Å². The molecule has 1 fully saturated rings. The first-order valence-corrected chi connectivity index (χ1v) is 8.81. The van der Waals surface area contributed by atoms with Crippen LogP contribution in [0.3, 0.4) is 0 Å². The van der Waals surface area contributed by atoms with Crippen LogP contribution in [-0.4, -0.2) is 42.8 Å². The Morgan fingerprint density at radius 2 is 2.29 bits per heavy atom. The second-order valence-corrected chi connectivity index (χ2v) is 6.80. The summed E-state index contributed by atoms with van der Waals surface area (Å²) < 4.78 is 1.14. The van der Waals surface area contributed by atoms with E-state index in [2.05, 4.69) is 50.4 Å². The zero-order valence-corrected chi connectivity index (χ0v) is 14.5. The highest BCUT2D eigenvalue weighted by atomic mass is 79.9. The Morgan fingerprint density at radius 1 is 1.43 bits per heavy atom. The molecule has 21 heavy (non-hydrogen) atoms. The van der Waals surface area contributed by atoms with E-state index < -0.39 is 0 Å². The molecule has 0 bridgehead atoms. The van der Waals surface area contributed by atoms with Gasteiger partial charge in [-0.1, -0.05) is 34.5 Å². The van der Waals surface area contributed by atoms with Crippen molar-refractivity contribution >= 4 is 15.9 Å². The van der Waals surface area contributed by atoms with Gasteiger partial charge in [0.1, 0.15) is 0 Å². The second-order valence-electron chi connectivity index (χ2n) is 5.88. The van der Waals surface area contributed by atoms with E-state index in [0.29, 0.717) is 18.7 Å². The van der Waals surface area contributed by atoms with Crippen molar-refractivity contribution in [2.24, 2.45) is 0 Å². The van der Waals surface area contributed by atoms with Crippen LogP contribution in [0.15, 0.2) is 28.7 Å². The lowest BCUT2D eigenvalue weighted by atomic mass is 9.97. The number of hydrogen-bond acceptors (Lipinski definition) is 3. The van der Waals surface area contributed by atoms with Crippen LogP contribution >= 0.6 is 15.9 Å². The van der Waals surface area contributed by atoms with Crippen molar-refractivity contribution in [3.05, 3.63) is 34.3 Å². The lowest BCUT2D eigenvalue weighted by Gasteiger charge is -2.36. The third kappa shape index (κ3) is 5.06. The molecule has 2 rings (SSSR count). The molecule has 2 unspecified atom stereocenters. The van der Waals surface area contributed by atoms with Gasteiger partial charge in [0.25, 0.3) is 0 Å². The van der Waals surface area contributed by atoms with Gasteiger partial charge in [-0.25, -0.2) is 0 Å². The average molecular weight is 355 g/mol. The topological polar surface area (TPSA) is 35.5 Å². The Labute approximate surface area is 136 Å². The monoisotopic (exact) mass is 354 g/mol. The van der Waals surface area contributed by atoms with Crippen LogP contribution in [-0.2, 0) is 0 Å². The summed E-state index contributed by atoms with van der Waals surface area (Å²) in [5.74, 6) is 0. The van der Waals surface area contributed by atoms with E-state index in [4.69, 9.17) is 0 Å². The summed E-state index contributed by atoms with van der Waals surface area (Å²) in [5, 5.41) is 12.7. The Bertz CT molecular complexity index is 425. The van der Waals surface area contributed by atoms with Gasteiger partial charge in [0.15, 0.2) is 0 Å². The van der Waals surface area contributed by atoms with Gasteiger partial charge in [-0.3, -0.25) is 0 Å². The minimum Gasteiger partial charge on any atom is -0.396 e. The van der Waals surface area contributed by atoms with Crippen LogP contribution < -0.4 is 5.32 Å². The van der Waals surface area contributed by atoms with Gasteiger partial charge in [-0.15, -0.1) is 0 Å². The van der Waals surface area contributed by atoms with E-state index in [1.807, 2.05) is 7.05 Å². The lowest BCUT2D eigenvalue weighted by molar-refractivity contribution is 0.114. The molecule has 1 heterocycles. The number of aliphatic hydroxyl groups is 1. The minimum atomic E-state index is 0.308. The molecular formula is C17H27BrN2O. The number of aliphatic hydroxyl groups excluding tert-OH is 1. The van der Waals surface area contributed by atoms with Gasteiger partial charge in [0, 0.05) is 29.7 Å². The quantitative estimate of drug-likeness (QED) is 0.788. The van der Waals surface area contributed by atoms with Crippen molar-refractivity contribution in [1.29, 1.82) is 0 Å². The van der Waals surface area contributed by atoms with E-state index in [1.165, 1.54) is 31.4 Å². The first-order chi connectivity index (χ1) is 10.2. The van der Waals surface area contributed by atoms with E-state index in [0.717, 1.165) is 23.9 Å². The largest absolute Gasteiger partial charge is 0.396 e. The van der Waals surface area contributed by atoms with Gasteiger partial charge in [-0.2, -0.15) is 0 Å². The third-order valence-corrected chi connectivity index (χ3v) is 5.01. The number of halogens is 1. The average Bonchev–Trinajstić information content (AvgIpc) is 2.50. The molecule has 2 atom stereocenters. The fourth-order valence-corrected chi connectivity index (χ4v) is 3.74. The van der Waals surface area contributed by atoms with Crippen molar-refractivity contribution in [3.8, 4) is 0 Å². The Kier molecular flexibility index (Phi) is 7.17. The van der Waals surface area contributed by atoms with Crippen LogP contribution in [0, 0.1) is 0 Å². The van der Waals surface area contributed by atoms with Crippen molar-refractivity contribution < 1.29 is 5.11 Å². The molecule has 1 aliphatic rings. The summed E-state index contributed by atoms with van der Waals surface area (Å²) in [6.07, 6.45) is 5.86. The van der Waals surface area contributed by atoms with E-state index in [9.17, 15) is 5.11 Å². The molecule has 0 radical (unpaired) electrons. The van der Waals surface area contributed by atoms with Crippen LogP contribution in [0.5, 0.6) is 0 Å². The normalized spacial score (nSPS) is 21.4. The van der Waals surface area contributed by atoms with Crippen LogP contribution in [0.1, 0.15) is 43.7 Å². The van der Waals surface area contributed by atoms with E-state index in [1.54, 1.807) is 0 Å². The summed E-state index contributed by atoms with van der Waals surface area (Å²) >= 11 is 3.55. The molecule has 3 nitrogen and oxygen atoms in total. The Balaban J connectivity index is 1.92. The van der Waals surface area contributed by atoms with Crippen molar-refractivity contribution in [2.75, 3.05) is 26.7 Å². The summed E-state index contributed by atoms with van der Waals surface area (Å²) in [5.41, 5.74) is 1.34. The number of nitrogens with one attached hydrogen (secondary N) is 1. The number of hydrogen-bond donors (Lipinski definition) is 2. The molecule has 0 spiro atoms. The fourth-order valence-electron chi connectivity index (χ4n) is 3.33. The number of rotatable bonds is 7. The molecule has 0 amide bonds. The van der Waals surface area contributed by atoms with Gasteiger partial charge in [0.2, 0.25) is 0 Å². The van der Waals surface area contributed by atoms with Crippen LogP contribution in [0.2, 0.25) is 0 Å². The van der Waals surface area contributed by atoms with Crippen molar-refractivity contribution in [3.63, 3.8) is 0 Å². The molecule has 118 valence electrons. The molecular weight excluding hydrogens is 328 g/mol. The third-order valence-electron chi connectivity index (χ3n) is 4.52. The molecule has 0 aromatic heterocycles. The first kappa shape index (κ1) is 16.9. The smallest absolute Gasteiger partial charge is 0.0445 e. The molecule has 1 aromatic carbocycles. The SMILES string of the molecule is CNC(CCN1CCCCC1CCO)c1cccc(Br)c1. The zero-order chi connectivity index (χ0) is 15.1. The fraction of sp³-hybridized carbons (Fsp3) is 0.647. The maximum absolute atomic E-state index is 9.22. The van der Waals surface area contributed by atoms with E-state index in [-0.39, 0.29) is 0 Å². The molecule has 4 heteroatoms. The van der Waals surface area contributed by atoms with Crippen molar-refractivity contribution in [2.45, 2.75) is 44.2 Å². The molecule has 1 saturated heterocycles. The highest BCUT2D eigenvalue weighted by molar-refractivity contribution is 9.10. The number of benzene rings is 1. The van der Waals surface area contributed by atoms with E-state index >= 15 is 0 Å². The minimum absolute atomic E-state index is 0.308. The Hall–Kier alpha value is -0.420. The summed E-state index contributed by atoms with van der Waals surface area (Å²) in [6.45, 7) is 2.59. The molecule has 1 aliphatic heterocycles. The van der Waals surface area contributed by atoms with Gasteiger partial charge in [0.05, 0.1) is 0 Å². The predicted molar refractivity (Wildman–Crippen MR) is 91.5 cm³/mol. The summed E-state index contributed by atoms with van der Waals surface area (Å²) in [4.78, 5) is 2.57. The second kappa shape index (κ2) is 8.89.